The molecule has 2 aliphatic rings. The van der Waals surface area contributed by atoms with Crippen LogP contribution in [0.3, 0.4) is 0 Å². The Balaban J connectivity index is 1.55. The lowest BCUT2D eigenvalue weighted by Crippen LogP contribution is -2.52. The number of benzene rings is 1. The van der Waals surface area contributed by atoms with Crippen LogP contribution in [-0.4, -0.2) is 72.1 Å². The Morgan fingerprint density at radius 3 is 2.68 bits per heavy atom. The number of amides is 1. The topological polar surface area (TPSA) is 114 Å². The van der Waals surface area contributed by atoms with Gasteiger partial charge in [-0.1, -0.05) is 13.8 Å². The summed E-state index contributed by atoms with van der Waals surface area (Å²) in [5, 5.41) is 12.7. The van der Waals surface area contributed by atoms with E-state index in [4.69, 9.17) is 0 Å². The second-order valence-corrected chi connectivity index (χ2v) is 9.82. The molecule has 1 aromatic heterocycles. The Kier molecular flexibility index (Phi) is 6.80. The van der Waals surface area contributed by atoms with E-state index in [-0.39, 0.29) is 17.9 Å². The summed E-state index contributed by atoms with van der Waals surface area (Å²) in [6.07, 6.45) is 2.30. The standard InChI is InChI=1S/C25H34N6O3/c1-5-30-10-11-31(16(2)15-30)21-13-20-19(12-17(21)14-26)28-23(29-20)22(32)25(3)8-6-18(7-9-25)27-24(33)34-4/h12-13,16,18H,5-11,15H2,1-4H3,(H,27,33)(H,28,29)/t16-,18?,25?/m0/s1. The van der Waals surface area contributed by atoms with Crippen molar-refractivity contribution in [2.75, 3.05) is 38.2 Å². The van der Waals surface area contributed by atoms with E-state index < -0.39 is 11.5 Å². The van der Waals surface area contributed by atoms with Crippen molar-refractivity contribution in [2.45, 2.75) is 58.5 Å². The van der Waals surface area contributed by atoms with Crippen LogP contribution in [0.5, 0.6) is 0 Å². The number of rotatable bonds is 5. The molecule has 2 aromatic rings. The van der Waals surface area contributed by atoms with Crippen LogP contribution in [0, 0.1) is 16.7 Å². The fourth-order valence-electron chi connectivity index (χ4n) is 5.30. The van der Waals surface area contributed by atoms with E-state index >= 15 is 0 Å². The number of fused-ring (bicyclic) bond motifs is 1. The zero-order valence-electron chi connectivity index (χ0n) is 20.5. The first-order valence-electron chi connectivity index (χ1n) is 12.1. The monoisotopic (exact) mass is 466 g/mol. The molecule has 0 spiro atoms. The molecule has 9 heteroatoms. The number of nitriles is 1. The maximum Gasteiger partial charge on any atom is 0.407 e. The molecule has 1 atom stereocenters. The predicted octanol–water partition coefficient (Wildman–Crippen LogP) is 3.45. The van der Waals surface area contributed by atoms with Crippen LogP contribution in [0.1, 0.15) is 62.6 Å². The number of hydrogen-bond acceptors (Lipinski definition) is 7. The Morgan fingerprint density at radius 1 is 1.32 bits per heavy atom. The molecule has 1 aromatic carbocycles. The molecule has 0 unspecified atom stereocenters. The summed E-state index contributed by atoms with van der Waals surface area (Å²) in [6, 6.07) is 6.38. The van der Waals surface area contributed by atoms with Crippen LogP contribution >= 0.6 is 0 Å². The fraction of sp³-hybridized carbons (Fsp3) is 0.600. The molecule has 34 heavy (non-hydrogen) atoms. The molecule has 2 N–H and O–H groups in total. The number of aromatic amines is 1. The van der Waals surface area contributed by atoms with Crippen molar-refractivity contribution in [3.8, 4) is 6.07 Å². The molecule has 0 radical (unpaired) electrons. The van der Waals surface area contributed by atoms with Gasteiger partial charge in [0.1, 0.15) is 6.07 Å². The summed E-state index contributed by atoms with van der Waals surface area (Å²) in [5.41, 5.74) is 2.32. The molecule has 0 bridgehead atoms. The number of likely N-dealkylation sites (N-methyl/N-ethyl adjacent to an activating group) is 1. The van der Waals surface area contributed by atoms with Crippen LogP contribution in [0.2, 0.25) is 0 Å². The minimum absolute atomic E-state index is 0.0138. The van der Waals surface area contributed by atoms with Crippen molar-refractivity contribution >= 4 is 28.6 Å². The van der Waals surface area contributed by atoms with Gasteiger partial charge in [-0.25, -0.2) is 9.78 Å². The summed E-state index contributed by atoms with van der Waals surface area (Å²) >= 11 is 0. The number of ketones is 1. The summed E-state index contributed by atoms with van der Waals surface area (Å²) in [7, 11) is 1.35. The highest BCUT2D eigenvalue weighted by atomic mass is 16.5. The molecular formula is C25H34N6O3. The summed E-state index contributed by atoms with van der Waals surface area (Å²) in [6.45, 7) is 10.1. The molecule has 1 saturated carbocycles. The lowest BCUT2D eigenvalue weighted by Gasteiger charge is -2.41. The normalized spacial score (nSPS) is 25.7. The maximum absolute atomic E-state index is 13.5. The van der Waals surface area contributed by atoms with Crippen LogP contribution < -0.4 is 10.2 Å². The second kappa shape index (κ2) is 9.63. The minimum Gasteiger partial charge on any atom is -0.453 e. The Labute approximate surface area is 200 Å². The number of piperazine rings is 1. The molecule has 1 amide bonds. The van der Waals surface area contributed by atoms with Gasteiger partial charge < -0.3 is 19.9 Å². The third kappa shape index (κ3) is 4.60. The number of hydrogen-bond donors (Lipinski definition) is 2. The number of nitrogens with one attached hydrogen (secondary N) is 2. The smallest absolute Gasteiger partial charge is 0.407 e. The first kappa shape index (κ1) is 24.0. The van der Waals surface area contributed by atoms with Crippen molar-refractivity contribution in [3.63, 3.8) is 0 Å². The number of methoxy groups -OCH3 is 1. The largest absolute Gasteiger partial charge is 0.453 e. The van der Waals surface area contributed by atoms with Gasteiger partial charge in [0, 0.05) is 37.1 Å². The number of alkyl carbamates (subject to hydrolysis) is 1. The number of Topliss-reactive ketones (excluding diaryl/α,β-unsaturated/α-hetero) is 1. The van der Waals surface area contributed by atoms with Gasteiger partial charge >= 0.3 is 6.09 Å². The van der Waals surface area contributed by atoms with Crippen LogP contribution in [0.4, 0.5) is 10.5 Å². The molecule has 182 valence electrons. The second-order valence-electron chi connectivity index (χ2n) is 9.82. The average molecular weight is 467 g/mol. The molecule has 2 heterocycles. The summed E-state index contributed by atoms with van der Waals surface area (Å²) in [5.74, 6) is 0.312. The number of H-pyrrole nitrogens is 1. The van der Waals surface area contributed by atoms with E-state index in [0.717, 1.165) is 37.4 Å². The number of anilines is 1. The highest BCUT2D eigenvalue weighted by Crippen LogP contribution is 2.39. The molecule has 2 fully saturated rings. The molecule has 1 aliphatic heterocycles. The zero-order chi connectivity index (χ0) is 24.5. The van der Waals surface area contributed by atoms with E-state index in [1.807, 2.05) is 13.0 Å². The summed E-state index contributed by atoms with van der Waals surface area (Å²) < 4.78 is 4.68. The minimum atomic E-state index is -0.548. The quantitative estimate of drug-likeness (QED) is 0.649. The number of carbonyl (C=O) groups is 2. The maximum atomic E-state index is 13.5. The average Bonchev–Trinajstić information content (AvgIpc) is 3.26. The van der Waals surface area contributed by atoms with Crippen LogP contribution in [0.15, 0.2) is 12.1 Å². The van der Waals surface area contributed by atoms with Crippen molar-refractivity contribution in [3.05, 3.63) is 23.5 Å². The van der Waals surface area contributed by atoms with Crippen molar-refractivity contribution < 1.29 is 14.3 Å². The SMILES string of the molecule is CCN1CCN(c2cc3[nH]c(C(=O)C4(C)CCC(NC(=O)OC)CC4)nc3cc2C#N)[C@@H](C)C1. The molecular weight excluding hydrogens is 432 g/mol. The van der Waals surface area contributed by atoms with Crippen LogP contribution in [-0.2, 0) is 4.74 Å². The van der Waals surface area contributed by atoms with Crippen LogP contribution in [0.25, 0.3) is 11.0 Å². The molecule has 9 nitrogen and oxygen atoms in total. The Hall–Kier alpha value is -3.12. The molecule has 1 saturated heterocycles. The van der Waals surface area contributed by atoms with Crippen molar-refractivity contribution in [2.24, 2.45) is 5.41 Å². The van der Waals surface area contributed by atoms with E-state index in [2.05, 4.69) is 49.7 Å². The van der Waals surface area contributed by atoms with Gasteiger partial charge in [-0.2, -0.15) is 5.26 Å². The first-order chi connectivity index (χ1) is 16.3. The van der Waals surface area contributed by atoms with Gasteiger partial charge in [0.25, 0.3) is 0 Å². The van der Waals surface area contributed by atoms with E-state index in [1.165, 1.54) is 7.11 Å². The number of imidazole rings is 1. The van der Waals surface area contributed by atoms with Gasteiger partial charge in [-0.3, -0.25) is 9.69 Å². The third-order valence-electron chi connectivity index (χ3n) is 7.55. The fourth-order valence-corrected chi connectivity index (χ4v) is 5.30. The van der Waals surface area contributed by atoms with Gasteiger partial charge in [0.15, 0.2) is 5.82 Å². The lowest BCUT2D eigenvalue weighted by molar-refractivity contribution is 0.0715. The van der Waals surface area contributed by atoms with Gasteiger partial charge in [0.05, 0.1) is 29.4 Å². The Morgan fingerprint density at radius 2 is 2.06 bits per heavy atom. The summed E-state index contributed by atoms with van der Waals surface area (Å²) in [4.78, 5) is 37.5. The van der Waals surface area contributed by atoms with Gasteiger partial charge in [0.2, 0.25) is 5.78 Å². The van der Waals surface area contributed by atoms with Crippen molar-refractivity contribution in [1.82, 2.24) is 20.2 Å². The molecule has 4 rings (SSSR count). The van der Waals surface area contributed by atoms with Gasteiger partial charge in [-0.15, -0.1) is 0 Å². The Bertz CT molecular complexity index is 1110. The highest BCUT2D eigenvalue weighted by molar-refractivity contribution is 6.00. The number of nitrogens with zero attached hydrogens (tertiary/aromatic N) is 4. The van der Waals surface area contributed by atoms with E-state index in [0.29, 0.717) is 42.6 Å². The number of ether oxygens (including phenoxy) is 1. The highest BCUT2D eigenvalue weighted by Gasteiger charge is 2.40. The lowest BCUT2D eigenvalue weighted by atomic mass is 9.71. The molecule has 1 aliphatic carbocycles. The number of aromatic nitrogens is 2. The van der Waals surface area contributed by atoms with E-state index in [9.17, 15) is 14.9 Å². The van der Waals surface area contributed by atoms with Gasteiger partial charge in [-0.05, 0) is 51.3 Å². The first-order valence-corrected chi connectivity index (χ1v) is 12.1. The van der Waals surface area contributed by atoms with E-state index in [1.54, 1.807) is 6.07 Å². The number of carbonyl (C=O) groups excluding carboxylic acids is 2. The zero-order valence-corrected chi connectivity index (χ0v) is 20.5. The predicted molar refractivity (Wildman–Crippen MR) is 130 cm³/mol. The van der Waals surface area contributed by atoms with Crippen molar-refractivity contribution in [1.29, 1.82) is 5.26 Å². The third-order valence-corrected chi connectivity index (χ3v) is 7.55.